The van der Waals surface area contributed by atoms with Crippen LogP contribution in [0.4, 0.5) is 0 Å². The standard InChI is InChI=1S/C8H12ClN2O5P.2H3N/c9-6-5(7(12)11-8(13)10-6)3-1-2-4-17(14,15)16;;/h1-4H2,(H2,14,15,16)(H2,10,11,12,13);2*1H3. The van der Waals surface area contributed by atoms with Crippen molar-refractivity contribution in [2.45, 2.75) is 19.3 Å². The minimum atomic E-state index is -4.50. The fourth-order valence-electron chi connectivity index (χ4n) is 1.32. The van der Waals surface area contributed by atoms with Gasteiger partial charge in [0.15, 0.2) is 0 Å². The molecule has 0 radical (unpaired) electrons. The summed E-state index contributed by atoms with van der Waals surface area (Å²) in [4.78, 5) is 47.0. The highest BCUT2D eigenvalue weighted by Gasteiger charge is 2.07. The average Bonchev–Trinajstić information content (AvgIpc) is 2.13. The molecule has 0 amide bonds. The molecule has 0 saturated carbocycles. The Morgan fingerprint density at radius 2 is 1.68 bits per heavy atom. The zero-order valence-corrected chi connectivity index (χ0v) is 12.3. The molecule has 0 fully saturated rings. The molecule has 19 heavy (non-hydrogen) atoms. The molecule has 1 rings (SSSR count). The van der Waals surface area contributed by atoms with Crippen LogP contribution in [0.1, 0.15) is 18.4 Å². The van der Waals surface area contributed by atoms with Crippen LogP contribution in [0.5, 0.6) is 0 Å². The largest absolute Gasteiger partial charge is 0.811 e. The van der Waals surface area contributed by atoms with Gasteiger partial charge in [-0.1, -0.05) is 19.2 Å². The molecule has 0 bridgehead atoms. The quantitative estimate of drug-likeness (QED) is 0.327. The van der Waals surface area contributed by atoms with Gasteiger partial charge in [-0.05, 0) is 25.4 Å². The van der Waals surface area contributed by atoms with E-state index < -0.39 is 25.0 Å². The first-order valence-corrected chi connectivity index (χ1v) is 6.92. The number of aromatic amines is 2. The number of aromatic nitrogens is 2. The number of nitrogens with one attached hydrogen (secondary N) is 2. The van der Waals surface area contributed by atoms with E-state index in [-0.39, 0.29) is 35.9 Å². The van der Waals surface area contributed by atoms with Crippen LogP contribution >= 0.6 is 19.2 Å². The third-order valence-corrected chi connectivity index (χ3v) is 3.28. The van der Waals surface area contributed by atoms with Crippen molar-refractivity contribution in [3.63, 3.8) is 0 Å². The first-order chi connectivity index (χ1) is 7.79. The number of H-pyrrole nitrogens is 2. The van der Waals surface area contributed by atoms with E-state index in [4.69, 9.17) is 11.6 Å². The number of quaternary nitrogens is 2. The second-order valence-corrected chi connectivity index (χ2v) is 5.54. The summed E-state index contributed by atoms with van der Waals surface area (Å²) in [6, 6.07) is 0. The highest BCUT2D eigenvalue weighted by atomic mass is 35.5. The summed E-state index contributed by atoms with van der Waals surface area (Å²) in [5.74, 6) is 0. The Morgan fingerprint density at radius 3 is 2.16 bits per heavy atom. The maximum atomic E-state index is 11.3. The molecule has 0 aliphatic carbocycles. The highest BCUT2D eigenvalue weighted by Crippen LogP contribution is 2.24. The van der Waals surface area contributed by atoms with Crippen molar-refractivity contribution in [2.75, 3.05) is 6.16 Å². The molecule has 0 aromatic carbocycles. The summed E-state index contributed by atoms with van der Waals surface area (Å²) in [6.07, 6.45) is 0.222. The van der Waals surface area contributed by atoms with Gasteiger partial charge < -0.3 is 26.7 Å². The van der Waals surface area contributed by atoms with E-state index in [1.165, 1.54) is 0 Å². The van der Waals surface area contributed by atoms with Crippen molar-refractivity contribution < 1.29 is 14.4 Å². The Labute approximate surface area is 113 Å². The normalized spacial score (nSPS) is 10.5. The van der Waals surface area contributed by atoms with Crippen LogP contribution in [0, 0.1) is 0 Å². The van der Waals surface area contributed by atoms with E-state index in [9.17, 15) is 23.9 Å². The van der Waals surface area contributed by atoms with E-state index in [0.717, 1.165) is 0 Å². The Hall–Kier alpha value is -0.960. The summed E-state index contributed by atoms with van der Waals surface area (Å²) in [5.41, 5.74) is -1.13. The van der Waals surface area contributed by atoms with Crippen molar-refractivity contribution >= 4 is 19.2 Å². The maximum absolute atomic E-state index is 11.3. The molecule has 0 aliphatic rings. The van der Waals surface area contributed by atoms with Gasteiger partial charge in [-0.25, -0.2) is 4.79 Å². The fourth-order valence-corrected chi connectivity index (χ4v) is 2.19. The third kappa shape index (κ3) is 7.26. The van der Waals surface area contributed by atoms with E-state index in [2.05, 4.69) is 4.98 Å². The Bertz CT molecular complexity index is 551. The van der Waals surface area contributed by atoms with Crippen LogP contribution in [-0.2, 0) is 11.0 Å². The zero-order valence-electron chi connectivity index (χ0n) is 10.7. The van der Waals surface area contributed by atoms with Crippen molar-refractivity contribution in [1.29, 1.82) is 0 Å². The van der Waals surface area contributed by atoms with Crippen LogP contribution in [0.2, 0.25) is 5.15 Å². The Morgan fingerprint density at radius 1 is 1.11 bits per heavy atom. The van der Waals surface area contributed by atoms with Gasteiger partial charge in [-0.3, -0.25) is 14.8 Å². The number of hydrogen-bond acceptors (Lipinski definition) is 5. The minimum Gasteiger partial charge on any atom is -0.811 e. The van der Waals surface area contributed by atoms with Gasteiger partial charge in [-0.15, -0.1) is 0 Å². The fraction of sp³-hybridized carbons (Fsp3) is 0.500. The van der Waals surface area contributed by atoms with Crippen molar-refractivity contribution in [1.82, 2.24) is 22.3 Å². The molecule has 0 spiro atoms. The number of unbranched alkanes of at least 4 members (excludes halogenated alkanes) is 1. The lowest BCUT2D eigenvalue weighted by molar-refractivity contribution is -0.313. The molecule has 0 aliphatic heterocycles. The molecule has 11 heteroatoms. The predicted molar refractivity (Wildman–Crippen MR) is 70.1 cm³/mol. The molecule has 1 aromatic rings. The van der Waals surface area contributed by atoms with Gasteiger partial charge >= 0.3 is 5.69 Å². The van der Waals surface area contributed by atoms with E-state index in [0.29, 0.717) is 6.42 Å². The first kappa shape index (κ1) is 20.4. The molecule has 1 aromatic heterocycles. The summed E-state index contributed by atoms with van der Waals surface area (Å²) in [5, 5.41) is -0.0637. The van der Waals surface area contributed by atoms with Crippen molar-refractivity contribution in [3.8, 4) is 0 Å². The maximum Gasteiger partial charge on any atom is 0.326 e. The molecular formula is C8H18ClN4O5P. The zero-order chi connectivity index (χ0) is 13.1. The molecule has 0 atom stereocenters. The molecule has 112 valence electrons. The van der Waals surface area contributed by atoms with Gasteiger partial charge in [0.1, 0.15) is 5.15 Å². The van der Waals surface area contributed by atoms with Gasteiger partial charge in [0.2, 0.25) is 0 Å². The van der Waals surface area contributed by atoms with Gasteiger partial charge in [0.05, 0.1) is 5.56 Å². The van der Waals surface area contributed by atoms with Gasteiger partial charge in [0, 0.05) is 0 Å². The number of halogens is 1. The lowest BCUT2D eigenvalue weighted by atomic mass is 10.1. The van der Waals surface area contributed by atoms with Crippen LogP contribution < -0.4 is 33.3 Å². The summed E-state index contributed by atoms with van der Waals surface area (Å²) in [7, 11) is -4.50. The van der Waals surface area contributed by atoms with E-state index in [1.807, 2.05) is 4.98 Å². The molecule has 0 saturated heterocycles. The highest BCUT2D eigenvalue weighted by molar-refractivity contribution is 7.48. The van der Waals surface area contributed by atoms with Gasteiger partial charge in [0.25, 0.3) is 5.56 Å². The Kier molecular flexibility index (Phi) is 8.85. The first-order valence-electron chi connectivity index (χ1n) is 4.81. The van der Waals surface area contributed by atoms with Gasteiger partial charge in [-0.2, -0.15) is 0 Å². The summed E-state index contributed by atoms with van der Waals surface area (Å²) >= 11 is 5.65. The molecule has 1 heterocycles. The summed E-state index contributed by atoms with van der Waals surface area (Å²) < 4.78 is 10.4. The lowest BCUT2D eigenvalue weighted by Gasteiger charge is -2.29. The monoisotopic (exact) mass is 316 g/mol. The van der Waals surface area contributed by atoms with Crippen molar-refractivity contribution in [3.05, 3.63) is 31.6 Å². The van der Waals surface area contributed by atoms with Crippen LogP contribution in [0.3, 0.4) is 0 Å². The third-order valence-electron chi connectivity index (χ3n) is 2.10. The smallest absolute Gasteiger partial charge is 0.326 e. The van der Waals surface area contributed by atoms with Crippen LogP contribution in [-0.4, -0.2) is 16.1 Å². The lowest BCUT2D eigenvalue weighted by Crippen LogP contribution is -2.25. The average molecular weight is 317 g/mol. The summed E-state index contributed by atoms with van der Waals surface area (Å²) in [6.45, 7) is 0. The molecule has 9 nitrogen and oxygen atoms in total. The number of rotatable bonds is 5. The SMILES string of the molecule is O=c1[nH]c(Cl)c(CCCCP(=O)([O-])[O-])c(=O)[nH]1.[NH4+].[NH4+]. The minimum absolute atomic E-state index is 0. The van der Waals surface area contributed by atoms with E-state index >= 15 is 0 Å². The Balaban J connectivity index is 0. The second-order valence-electron chi connectivity index (χ2n) is 3.49. The topological polar surface area (TPSA) is 202 Å². The second kappa shape index (κ2) is 8.26. The molecule has 10 N–H and O–H groups in total. The molecule has 0 unspecified atom stereocenters. The van der Waals surface area contributed by atoms with Crippen molar-refractivity contribution in [2.24, 2.45) is 0 Å². The van der Waals surface area contributed by atoms with E-state index in [1.54, 1.807) is 0 Å². The predicted octanol–water partition coefficient (Wildman–Crippen LogP) is -0.295. The number of hydrogen-bond donors (Lipinski definition) is 4. The molecular weight excluding hydrogens is 299 g/mol. The van der Waals surface area contributed by atoms with Crippen LogP contribution in [0.15, 0.2) is 9.59 Å². The van der Waals surface area contributed by atoms with Crippen LogP contribution in [0.25, 0.3) is 0 Å².